The molecule has 1 fully saturated rings. The van der Waals surface area contributed by atoms with Crippen LogP contribution in [0.5, 0.6) is 0 Å². The van der Waals surface area contributed by atoms with Gasteiger partial charge in [-0.1, -0.05) is 17.7 Å². The fraction of sp³-hybridized carbons (Fsp3) is 0.471. The highest BCUT2D eigenvalue weighted by atomic mass is 35.5. The number of likely N-dealkylation sites (tertiary alicyclic amines) is 1. The maximum absolute atomic E-state index is 13.8. The van der Waals surface area contributed by atoms with Crippen LogP contribution in [-0.4, -0.2) is 34.8 Å². The molecule has 1 aromatic carbocycles. The summed E-state index contributed by atoms with van der Waals surface area (Å²) in [4.78, 5) is 2.29. The van der Waals surface area contributed by atoms with Gasteiger partial charge in [0.05, 0.1) is 11.2 Å². The lowest BCUT2D eigenvalue weighted by molar-refractivity contribution is 0.271. The molecule has 1 aromatic heterocycles. The van der Waals surface area contributed by atoms with Crippen molar-refractivity contribution in [1.29, 1.82) is 0 Å². The molecule has 1 aliphatic heterocycles. The van der Waals surface area contributed by atoms with Crippen LogP contribution in [0.2, 0.25) is 5.02 Å². The Labute approximate surface area is 141 Å². The van der Waals surface area contributed by atoms with Crippen LogP contribution in [0.25, 0.3) is 0 Å². The Bertz CT molecular complexity index is 672. The summed E-state index contributed by atoms with van der Waals surface area (Å²) in [6.07, 6.45) is 4.99. The standard InChI is InChI=1S/C17H22ClFN4/c1-22-6-5-14(10-20-8-12-9-21-23(2)11-12)17(22)13-3-4-15(18)16(19)7-13/h3-4,7,9,11,14,17,20H,5-6,8,10H2,1-2H3/t14-,17+/m0/s1. The van der Waals surface area contributed by atoms with Crippen LogP contribution in [-0.2, 0) is 13.6 Å². The average Bonchev–Trinajstić information content (AvgIpc) is 3.09. The fourth-order valence-electron chi connectivity index (χ4n) is 3.43. The van der Waals surface area contributed by atoms with E-state index >= 15 is 0 Å². The SMILES string of the molecule is CN1CC[C@@H](CNCc2cnn(C)c2)[C@H]1c1ccc(Cl)c(F)c1. The number of nitrogens with one attached hydrogen (secondary N) is 1. The van der Waals surface area contributed by atoms with E-state index in [1.165, 1.54) is 5.56 Å². The average molecular weight is 337 g/mol. The summed E-state index contributed by atoms with van der Waals surface area (Å²) in [5.74, 6) is 0.115. The van der Waals surface area contributed by atoms with Crippen molar-refractivity contribution in [2.75, 3.05) is 20.1 Å². The van der Waals surface area contributed by atoms with E-state index in [1.807, 2.05) is 25.5 Å². The Kier molecular flexibility index (Phi) is 4.99. The predicted octanol–water partition coefficient (Wildman–Crippen LogP) is 3.00. The second-order valence-corrected chi connectivity index (χ2v) is 6.71. The first kappa shape index (κ1) is 16.4. The van der Waals surface area contributed by atoms with Crippen LogP contribution in [0.15, 0.2) is 30.6 Å². The molecule has 0 radical (unpaired) electrons. The molecule has 124 valence electrons. The van der Waals surface area contributed by atoms with E-state index in [9.17, 15) is 4.39 Å². The summed E-state index contributed by atoms with van der Waals surface area (Å²) in [6.45, 7) is 2.72. The molecule has 0 spiro atoms. The quantitative estimate of drug-likeness (QED) is 0.911. The van der Waals surface area contributed by atoms with Gasteiger partial charge in [-0.15, -0.1) is 0 Å². The molecule has 3 rings (SSSR count). The van der Waals surface area contributed by atoms with E-state index in [0.29, 0.717) is 5.92 Å². The lowest BCUT2D eigenvalue weighted by atomic mass is 9.93. The predicted molar refractivity (Wildman–Crippen MR) is 89.8 cm³/mol. The molecule has 6 heteroatoms. The Hall–Kier alpha value is -1.43. The number of hydrogen-bond acceptors (Lipinski definition) is 3. The second kappa shape index (κ2) is 6.99. The first-order valence-electron chi connectivity index (χ1n) is 7.88. The summed E-state index contributed by atoms with van der Waals surface area (Å²) in [5.41, 5.74) is 2.17. The molecule has 0 bridgehead atoms. The summed E-state index contributed by atoms with van der Waals surface area (Å²) in [5, 5.41) is 7.86. The Morgan fingerprint density at radius 3 is 2.91 bits per heavy atom. The Balaban J connectivity index is 1.64. The number of hydrogen-bond donors (Lipinski definition) is 1. The van der Waals surface area contributed by atoms with Crippen LogP contribution < -0.4 is 5.32 Å². The van der Waals surface area contributed by atoms with Crippen LogP contribution in [0, 0.1) is 11.7 Å². The molecule has 23 heavy (non-hydrogen) atoms. The van der Waals surface area contributed by atoms with Crippen molar-refractivity contribution in [3.63, 3.8) is 0 Å². The van der Waals surface area contributed by atoms with Crippen LogP contribution in [0.3, 0.4) is 0 Å². The third kappa shape index (κ3) is 3.74. The maximum atomic E-state index is 13.8. The third-order valence-corrected chi connectivity index (χ3v) is 4.86. The zero-order valence-electron chi connectivity index (χ0n) is 13.5. The van der Waals surface area contributed by atoms with Gasteiger partial charge in [-0.05, 0) is 43.6 Å². The highest BCUT2D eigenvalue weighted by molar-refractivity contribution is 6.30. The van der Waals surface area contributed by atoms with Crippen molar-refractivity contribution < 1.29 is 4.39 Å². The highest BCUT2D eigenvalue weighted by Gasteiger charge is 2.32. The monoisotopic (exact) mass is 336 g/mol. The van der Waals surface area contributed by atoms with Gasteiger partial charge in [-0.2, -0.15) is 5.10 Å². The van der Waals surface area contributed by atoms with E-state index < -0.39 is 0 Å². The second-order valence-electron chi connectivity index (χ2n) is 6.30. The summed E-state index contributed by atoms with van der Waals surface area (Å²) >= 11 is 5.80. The van der Waals surface area contributed by atoms with Crippen LogP contribution in [0.4, 0.5) is 4.39 Å². The van der Waals surface area contributed by atoms with Crippen molar-refractivity contribution in [3.8, 4) is 0 Å². The van der Waals surface area contributed by atoms with Gasteiger partial charge in [-0.25, -0.2) is 4.39 Å². The Morgan fingerprint density at radius 2 is 2.22 bits per heavy atom. The van der Waals surface area contributed by atoms with Gasteiger partial charge in [-0.3, -0.25) is 9.58 Å². The number of rotatable bonds is 5. The zero-order chi connectivity index (χ0) is 16.4. The smallest absolute Gasteiger partial charge is 0.142 e. The minimum absolute atomic E-state index is 0.181. The highest BCUT2D eigenvalue weighted by Crippen LogP contribution is 2.36. The number of benzene rings is 1. The lowest BCUT2D eigenvalue weighted by Gasteiger charge is -2.26. The van der Waals surface area contributed by atoms with Gasteiger partial charge in [0.1, 0.15) is 5.82 Å². The molecular weight excluding hydrogens is 315 g/mol. The molecule has 1 N–H and O–H groups in total. The topological polar surface area (TPSA) is 33.1 Å². The van der Waals surface area contributed by atoms with E-state index in [4.69, 9.17) is 11.6 Å². The molecule has 1 aliphatic rings. The van der Waals surface area contributed by atoms with Crippen molar-refractivity contribution in [3.05, 3.63) is 52.6 Å². The molecule has 0 saturated carbocycles. The molecule has 0 unspecified atom stereocenters. The van der Waals surface area contributed by atoms with Gasteiger partial charge in [0.15, 0.2) is 0 Å². The number of aryl methyl sites for hydroxylation is 1. The molecule has 4 nitrogen and oxygen atoms in total. The van der Waals surface area contributed by atoms with Gasteiger partial charge in [0, 0.05) is 37.9 Å². The first-order valence-corrected chi connectivity index (χ1v) is 8.26. The maximum Gasteiger partial charge on any atom is 0.142 e. The first-order chi connectivity index (χ1) is 11.0. The molecule has 1 saturated heterocycles. The number of nitrogens with zero attached hydrogens (tertiary/aromatic N) is 3. The normalized spacial score (nSPS) is 21.9. The fourth-order valence-corrected chi connectivity index (χ4v) is 3.55. The van der Waals surface area contributed by atoms with Gasteiger partial charge < -0.3 is 5.32 Å². The molecule has 0 amide bonds. The van der Waals surface area contributed by atoms with E-state index in [0.717, 1.165) is 31.6 Å². The third-order valence-electron chi connectivity index (χ3n) is 4.55. The van der Waals surface area contributed by atoms with Gasteiger partial charge >= 0.3 is 0 Å². The molecule has 0 aliphatic carbocycles. The van der Waals surface area contributed by atoms with E-state index in [1.54, 1.807) is 16.8 Å². The molecule has 2 aromatic rings. The zero-order valence-corrected chi connectivity index (χ0v) is 14.2. The minimum atomic E-state index is -0.341. The largest absolute Gasteiger partial charge is 0.312 e. The number of aromatic nitrogens is 2. The lowest BCUT2D eigenvalue weighted by Crippen LogP contribution is -2.28. The van der Waals surface area contributed by atoms with Crippen molar-refractivity contribution in [2.24, 2.45) is 13.0 Å². The van der Waals surface area contributed by atoms with Crippen molar-refractivity contribution >= 4 is 11.6 Å². The summed E-state index contributed by atoms with van der Waals surface area (Å²) in [7, 11) is 4.01. The van der Waals surface area contributed by atoms with E-state index in [-0.39, 0.29) is 16.9 Å². The van der Waals surface area contributed by atoms with Crippen molar-refractivity contribution in [2.45, 2.75) is 19.0 Å². The molecular formula is C17H22ClFN4. The number of halogens is 2. The molecule has 2 heterocycles. The Morgan fingerprint density at radius 1 is 1.39 bits per heavy atom. The minimum Gasteiger partial charge on any atom is -0.312 e. The van der Waals surface area contributed by atoms with Gasteiger partial charge in [0.2, 0.25) is 0 Å². The summed E-state index contributed by atoms with van der Waals surface area (Å²) < 4.78 is 15.6. The van der Waals surface area contributed by atoms with Crippen molar-refractivity contribution in [1.82, 2.24) is 20.0 Å². The van der Waals surface area contributed by atoms with E-state index in [2.05, 4.69) is 22.4 Å². The summed E-state index contributed by atoms with van der Waals surface area (Å²) in [6, 6.07) is 5.39. The van der Waals surface area contributed by atoms with Crippen LogP contribution >= 0.6 is 11.6 Å². The van der Waals surface area contributed by atoms with Gasteiger partial charge in [0.25, 0.3) is 0 Å². The molecule has 2 atom stereocenters. The van der Waals surface area contributed by atoms with Crippen LogP contribution in [0.1, 0.15) is 23.6 Å².